The van der Waals surface area contributed by atoms with E-state index in [4.69, 9.17) is 0 Å². The Hall–Kier alpha value is -0.0800. The number of hydrogen-bond acceptors (Lipinski definition) is 2. The van der Waals surface area contributed by atoms with E-state index in [1.54, 1.807) is 0 Å². The van der Waals surface area contributed by atoms with Gasteiger partial charge in [-0.1, -0.05) is 0 Å². The van der Waals surface area contributed by atoms with Crippen molar-refractivity contribution in [2.75, 3.05) is 33.2 Å². The van der Waals surface area contributed by atoms with E-state index in [1.807, 2.05) is 0 Å². The molecule has 80 valence electrons. The highest BCUT2D eigenvalue weighted by atomic mass is 15.1. The second kappa shape index (κ2) is 3.21. The third-order valence-electron chi connectivity index (χ3n) is 4.57. The zero-order valence-corrected chi connectivity index (χ0v) is 9.26. The van der Waals surface area contributed by atoms with E-state index in [0.29, 0.717) is 0 Å². The van der Waals surface area contributed by atoms with E-state index < -0.39 is 0 Å². The molecule has 0 aromatic rings. The minimum Gasteiger partial charge on any atom is -0.316 e. The number of rotatable bonds is 1. The first-order valence-electron chi connectivity index (χ1n) is 6.17. The first-order chi connectivity index (χ1) is 6.77. The minimum atomic E-state index is 0.778. The molecule has 0 bridgehead atoms. The highest BCUT2D eigenvalue weighted by Gasteiger charge is 2.49. The fourth-order valence-electron chi connectivity index (χ4n) is 3.66. The van der Waals surface area contributed by atoms with Gasteiger partial charge in [0.25, 0.3) is 0 Å². The number of piperidine rings is 1. The fourth-order valence-corrected chi connectivity index (χ4v) is 3.66. The van der Waals surface area contributed by atoms with E-state index in [1.165, 1.54) is 51.9 Å². The van der Waals surface area contributed by atoms with Crippen LogP contribution in [0.4, 0.5) is 0 Å². The summed E-state index contributed by atoms with van der Waals surface area (Å²) >= 11 is 0. The van der Waals surface area contributed by atoms with Crippen LogP contribution in [0.2, 0.25) is 0 Å². The Kier molecular flexibility index (Phi) is 2.10. The molecule has 2 aliphatic heterocycles. The van der Waals surface area contributed by atoms with Crippen molar-refractivity contribution in [1.29, 1.82) is 0 Å². The Morgan fingerprint density at radius 2 is 2.14 bits per heavy atom. The SMILES string of the molecule is CN1CC(C2CCNC2)CC2(CC2)C1. The number of nitrogens with one attached hydrogen (secondary N) is 1. The van der Waals surface area contributed by atoms with E-state index in [2.05, 4.69) is 17.3 Å². The molecule has 2 nitrogen and oxygen atoms in total. The molecule has 3 fully saturated rings. The normalized spacial score (nSPS) is 41.8. The summed E-state index contributed by atoms with van der Waals surface area (Å²) in [5.41, 5.74) is 0.778. The number of hydrogen-bond donors (Lipinski definition) is 1. The van der Waals surface area contributed by atoms with Gasteiger partial charge < -0.3 is 10.2 Å². The van der Waals surface area contributed by atoms with Crippen molar-refractivity contribution in [2.24, 2.45) is 17.3 Å². The molecule has 2 unspecified atom stereocenters. The number of likely N-dealkylation sites (tertiary alicyclic amines) is 1. The zero-order valence-electron chi connectivity index (χ0n) is 9.26. The van der Waals surface area contributed by atoms with Gasteiger partial charge in [-0.3, -0.25) is 0 Å². The molecule has 1 aliphatic carbocycles. The lowest BCUT2D eigenvalue weighted by atomic mass is 9.79. The van der Waals surface area contributed by atoms with Crippen molar-refractivity contribution in [3.05, 3.63) is 0 Å². The summed E-state index contributed by atoms with van der Waals surface area (Å²) in [6.07, 6.45) is 5.97. The minimum absolute atomic E-state index is 0.778. The predicted molar refractivity (Wildman–Crippen MR) is 58.2 cm³/mol. The summed E-state index contributed by atoms with van der Waals surface area (Å²) in [5.74, 6) is 1.97. The van der Waals surface area contributed by atoms with Gasteiger partial charge in [-0.05, 0) is 63.1 Å². The van der Waals surface area contributed by atoms with Crippen LogP contribution in [0.1, 0.15) is 25.7 Å². The van der Waals surface area contributed by atoms with Crippen molar-refractivity contribution in [3.63, 3.8) is 0 Å². The number of nitrogens with zero attached hydrogens (tertiary/aromatic N) is 1. The third-order valence-corrected chi connectivity index (χ3v) is 4.57. The van der Waals surface area contributed by atoms with Crippen molar-refractivity contribution in [1.82, 2.24) is 10.2 Å². The van der Waals surface area contributed by atoms with Crippen LogP contribution >= 0.6 is 0 Å². The summed E-state index contributed by atoms with van der Waals surface area (Å²) < 4.78 is 0. The standard InChI is InChI=1S/C12H22N2/c1-14-8-11(10-2-5-13-7-10)6-12(9-14)3-4-12/h10-11,13H,2-9H2,1H3. The maximum Gasteiger partial charge on any atom is 0.00352 e. The highest BCUT2D eigenvalue weighted by Crippen LogP contribution is 2.54. The van der Waals surface area contributed by atoms with E-state index >= 15 is 0 Å². The topological polar surface area (TPSA) is 15.3 Å². The molecule has 0 aromatic carbocycles. The molecule has 3 aliphatic rings. The average molecular weight is 194 g/mol. The lowest BCUT2D eigenvalue weighted by Gasteiger charge is -2.38. The Morgan fingerprint density at radius 1 is 1.29 bits per heavy atom. The van der Waals surface area contributed by atoms with Gasteiger partial charge in [0.05, 0.1) is 0 Å². The van der Waals surface area contributed by atoms with Gasteiger partial charge in [0, 0.05) is 13.1 Å². The van der Waals surface area contributed by atoms with Crippen molar-refractivity contribution in [3.8, 4) is 0 Å². The van der Waals surface area contributed by atoms with Gasteiger partial charge in [0.2, 0.25) is 0 Å². The molecule has 0 amide bonds. The van der Waals surface area contributed by atoms with Crippen LogP contribution in [0.15, 0.2) is 0 Å². The molecule has 2 saturated heterocycles. The molecular weight excluding hydrogens is 172 g/mol. The monoisotopic (exact) mass is 194 g/mol. The Labute approximate surface area is 87.0 Å². The first kappa shape index (κ1) is 9.17. The largest absolute Gasteiger partial charge is 0.316 e. The van der Waals surface area contributed by atoms with Gasteiger partial charge in [0.15, 0.2) is 0 Å². The van der Waals surface area contributed by atoms with Crippen LogP contribution in [0.3, 0.4) is 0 Å². The molecule has 2 heteroatoms. The van der Waals surface area contributed by atoms with Gasteiger partial charge in [0.1, 0.15) is 0 Å². The summed E-state index contributed by atoms with van der Waals surface area (Å²) in [6.45, 7) is 5.28. The fraction of sp³-hybridized carbons (Fsp3) is 1.00. The van der Waals surface area contributed by atoms with Gasteiger partial charge in [-0.15, -0.1) is 0 Å². The molecule has 2 atom stereocenters. The molecule has 0 aromatic heterocycles. The van der Waals surface area contributed by atoms with Crippen LogP contribution in [0.5, 0.6) is 0 Å². The summed E-state index contributed by atoms with van der Waals surface area (Å²) in [4.78, 5) is 2.58. The average Bonchev–Trinajstić information content (AvgIpc) is 2.71. The predicted octanol–water partition coefficient (Wildman–Crippen LogP) is 1.33. The summed E-state index contributed by atoms with van der Waals surface area (Å²) in [6, 6.07) is 0. The Balaban J connectivity index is 1.67. The zero-order chi connectivity index (χ0) is 9.60. The smallest absolute Gasteiger partial charge is 0.00352 e. The summed E-state index contributed by atoms with van der Waals surface area (Å²) in [5, 5.41) is 3.51. The second-order valence-corrected chi connectivity index (χ2v) is 5.91. The van der Waals surface area contributed by atoms with Crippen molar-refractivity contribution >= 4 is 0 Å². The molecule has 2 heterocycles. The van der Waals surface area contributed by atoms with Crippen LogP contribution in [0, 0.1) is 17.3 Å². The van der Waals surface area contributed by atoms with Crippen LogP contribution < -0.4 is 5.32 Å². The van der Waals surface area contributed by atoms with Crippen LogP contribution in [-0.4, -0.2) is 38.1 Å². The Bertz CT molecular complexity index is 216. The summed E-state index contributed by atoms with van der Waals surface area (Å²) in [7, 11) is 2.31. The van der Waals surface area contributed by atoms with Gasteiger partial charge in [-0.2, -0.15) is 0 Å². The highest BCUT2D eigenvalue weighted by molar-refractivity contribution is 5.01. The molecule has 1 spiro atoms. The van der Waals surface area contributed by atoms with E-state index in [-0.39, 0.29) is 0 Å². The van der Waals surface area contributed by atoms with Gasteiger partial charge >= 0.3 is 0 Å². The van der Waals surface area contributed by atoms with Crippen molar-refractivity contribution in [2.45, 2.75) is 25.7 Å². The Morgan fingerprint density at radius 3 is 2.79 bits per heavy atom. The third kappa shape index (κ3) is 1.59. The van der Waals surface area contributed by atoms with Crippen LogP contribution in [0.25, 0.3) is 0 Å². The maximum atomic E-state index is 3.51. The molecule has 1 N–H and O–H groups in total. The lowest BCUT2D eigenvalue weighted by molar-refractivity contribution is 0.105. The molecule has 3 rings (SSSR count). The molecule has 14 heavy (non-hydrogen) atoms. The molecular formula is C12H22N2. The van der Waals surface area contributed by atoms with Crippen LogP contribution in [-0.2, 0) is 0 Å². The molecule has 0 radical (unpaired) electrons. The maximum absolute atomic E-state index is 3.51. The van der Waals surface area contributed by atoms with E-state index in [9.17, 15) is 0 Å². The van der Waals surface area contributed by atoms with Crippen molar-refractivity contribution < 1.29 is 0 Å². The lowest BCUT2D eigenvalue weighted by Crippen LogP contribution is -2.42. The van der Waals surface area contributed by atoms with E-state index in [0.717, 1.165) is 17.3 Å². The quantitative estimate of drug-likeness (QED) is 0.677. The van der Waals surface area contributed by atoms with Gasteiger partial charge in [-0.25, -0.2) is 0 Å². The first-order valence-corrected chi connectivity index (χ1v) is 6.17. The molecule has 1 saturated carbocycles. The second-order valence-electron chi connectivity index (χ2n) is 5.91.